The van der Waals surface area contributed by atoms with Gasteiger partial charge in [-0.1, -0.05) is 45.4 Å². The lowest BCUT2D eigenvalue weighted by Gasteiger charge is -2.19. The Bertz CT molecular complexity index is 152. The number of hydrogen-bond donors (Lipinski definition) is 3. The lowest BCUT2D eigenvalue weighted by Crippen LogP contribution is -2.11. The predicted octanol–water partition coefficient (Wildman–Crippen LogP) is 2.99. The van der Waals surface area contributed by atoms with Gasteiger partial charge in [-0.3, -0.25) is 0 Å². The van der Waals surface area contributed by atoms with E-state index in [1.54, 1.807) is 0 Å². The maximum Gasteiger partial charge on any atom is 0.158 e. The van der Waals surface area contributed by atoms with Crippen molar-refractivity contribution in [3.63, 3.8) is 0 Å². The van der Waals surface area contributed by atoms with E-state index in [0.717, 1.165) is 19.0 Å². The molecule has 0 fully saturated rings. The highest BCUT2D eigenvalue weighted by Crippen LogP contribution is 2.56. The van der Waals surface area contributed by atoms with Crippen LogP contribution in [0.4, 0.5) is 0 Å². The SMILES string of the molecule is CCCCCCCCCC[P+](CO)(CO)CO. The summed E-state index contributed by atoms with van der Waals surface area (Å²) in [5.41, 5.74) is 0. The van der Waals surface area contributed by atoms with Crippen LogP contribution in [0, 0.1) is 0 Å². The lowest BCUT2D eigenvalue weighted by atomic mass is 10.1. The second kappa shape index (κ2) is 11.4. The number of unbranched alkanes of at least 4 members (excludes halogenated alkanes) is 7. The van der Waals surface area contributed by atoms with Crippen LogP contribution in [0.25, 0.3) is 0 Å². The van der Waals surface area contributed by atoms with E-state index in [1.807, 2.05) is 0 Å². The van der Waals surface area contributed by atoms with Crippen LogP contribution in [0.15, 0.2) is 0 Å². The Balaban J connectivity index is 3.43. The second-order valence-electron chi connectivity index (χ2n) is 4.96. The third-order valence-corrected chi connectivity index (χ3v) is 6.45. The molecule has 0 saturated heterocycles. The quantitative estimate of drug-likeness (QED) is 0.375. The molecule has 0 amide bonds. The van der Waals surface area contributed by atoms with Crippen molar-refractivity contribution in [2.45, 2.75) is 58.3 Å². The van der Waals surface area contributed by atoms with E-state index in [0.29, 0.717) is 0 Å². The van der Waals surface area contributed by atoms with Crippen molar-refractivity contribution in [1.29, 1.82) is 0 Å². The molecule has 104 valence electrons. The lowest BCUT2D eigenvalue weighted by molar-refractivity contribution is 0.311. The van der Waals surface area contributed by atoms with Crippen LogP contribution in [-0.4, -0.2) is 40.5 Å². The van der Waals surface area contributed by atoms with Gasteiger partial charge in [0.15, 0.2) is 19.0 Å². The molecular formula is C13H30O3P+. The molecule has 0 aromatic rings. The highest BCUT2D eigenvalue weighted by atomic mass is 31.2. The zero-order valence-electron chi connectivity index (χ0n) is 11.3. The van der Waals surface area contributed by atoms with E-state index in [1.165, 1.54) is 38.5 Å². The van der Waals surface area contributed by atoms with Crippen molar-refractivity contribution in [2.75, 3.05) is 25.2 Å². The van der Waals surface area contributed by atoms with E-state index < -0.39 is 7.26 Å². The second-order valence-corrected chi connectivity index (χ2v) is 8.94. The molecule has 17 heavy (non-hydrogen) atoms. The molecule has 0 heterocycles. The molecule has 0 unspecified atom stereocenters. The first-order chi connectivity index (χ1) is 8.24. The van der Waals surface area contributed by atoms with Crippen LogP contribution in [0.2, 0.25) is 0 Å². The summed E-state index contributed by atoms with van der Waals surface area (Å²) >= 11 is 0. The molecule has 4 heteroatoms. The molecule has 0 aliphatic rings. The summed E-state index contributed by atoms with van der Waals surface area (Å²) in [6, 6.07) is 0. The third kappa shape index (κ3) is 8.10. The standard InChI is InChI=1S/C13H30O3P/c1-2-3-4-5-6-7-8-9-10-17(11-14,12-15)13-16/h14-16H,2-13H2,1H3/q+1. The molecule has 0 rings (SSSR count). The topological polar surface area (TPSA) is 60.7 Å². The van der Waals surface area contributed by atoms with Crippen molar-refractivity contribution >= 4 is 7.26 Å². The maximum absolute atomic E-state index is 9.21. The van der Waals surface area contributed by atoms with Gasteiger partial charge >= 0.3 is 0 Å². The molecule has 0 bridgehead atoms. The zero-order chi connectivity index (χ0) is 13.0. The Morgan fingerprint density at radius 3 is 1.47 bits per heavy atom. The summed E-state index contributed by atoms with van der Waals surface area (Å²) in [5, 5.41) is 27.6. The van der Waals surface area contributed by atoms with Gasteiger partial charge in [-0.15, -0.1) is 0 Å². The molecule has 0 aromatic heterocycles. The third-order valence-electron chi connectivity index (χ3n) is 3.39. The Hall–Kier alpha value is 0.310. The molecule has 0 spiro atoms. The monoisotopic (exact) mass is 265 g/mol. The van der Waals surface area contributed by atoms with Crippen LogP contribution in [0.1, 0.15) is 58.3 Å². The van der Waals surface area contributed by atoms with Gasteiger partial charge in [0.2, 0.25) is 0 Å². The van der Waals surface area contributed by atoms with E-state index in [4.69, 9.17) is 0 Å². The Kier molecular flexibility index (Phi) is 11.6. The smallest absolute Gasteiger partial charge is 0.158 e. The first kappa shape index (κ1) is 17.3. The fourth-order valence-corrected chi connectivity index (χ4v) is 3.51. The highest BCUT2D eigenvalue weighted by Gasteiger charge is 2.34. The van der Waals surface area contributed by atoms with Crippen molar-refractivity contribution in [3.8, 4) is 0 Å². The highest BCUT2D eigenvalue weighted by molar-refractivity contribution is 7.75. The largest absolute Gasteiger partial charge is 0.362 e. The molecule has 3 nitrogen and oxygen atoms in total. The summed E-state index contributed by atoms with van der Waals surface area (Å²) < 4.78 is 0. The molecule has 0 atom stereocenters. The minimum atomic E-state index is -1.84. The van der Waals surface area contributed by atoms with Gasteiger partial charge in [0, 0.05) is 0 Å². The summed E-state index contributed by atoms with van der Waals surface area (Å²) in [6.45, 7) is 2.22. The molecule has 0 saturated carbocycles. The number of hydrogen-bond acceptors (Lipinski definition) is 3. The van der Waals surface area contributed by atoms with Gasteiger partial charge in [-0.05, 0) is 12.8 Å². The van der Waals surface area contributed by atoms with Crippen molar-refractivity contribution < 1.29 is 15.3 Å². The van der Waals surface area contributed by atoms with Gasteiger partial charge in [-0.2, -0.15) is 0 Å². The van der Waals surface area contributed by atoms with Crippen LogP contribution in [0.3, 0.4) is 0 Å². The molecule has 3 N–H and O–H groups in total. The first-order valence-electron chi connectivity index (χ1n) is 6.92. The number of aliphatic hydroxyl groups is 3. The van der Waals surface area contributed by atoms with Crippen LogP contribution < -0.4 is 0 Å². The van der Waals surface area contributed by atoms with E-state index in [-0.39, 0.29) is 19.0 Å². The van der Waals surface area contributed by atoms with E-state index in [9.17, 15) is 15.3 Å². The molecular weight excluding hydrogens is 235 g/mol. The van der Waals surface area contributed by atoms with Gasteiger partial charge in [0.1, 0.15) is 0 Å². The van der Waals surface area contributed by atoms with Gasteiger partial charge in [0.05, 0.1) is 13.4 Å². The minimum Gasteiger partial charge on any atom is -0.362 e. The number of rotatable bonds is 12. The first-order valence-corrected chi connectivity index (χ1v) is 9.45. The van der Waals surface area contributed by atoms with Crippen molar-refractivity contribution in [1.82, 2.24) is 0 Å². The summed E-state index contributed by atoms with van der Waals surface area (Å²) in [6.07, 6.45) is 10.8. The normalized spacial score (nSPS) is 12.0. The number of aliphatic hydroxyl groups excluding tert-OH is 3. The Morgan fingerprint density at radius 2 is 1.06 bits per heavy atom. The van der Waals surface area contributed by atoms with Gasteiger partial charge < -0.3 is 15.3 Å². The van der Waals surface area contributed by atoms with Gasteiger partial charge in [0.25, 0.3) is 0 Å². The average Bonchev–Trinajstić information content (AvgIpc) is 2.38. The predicted molar refractivity (Wildman–Crippen MR) is 75.7 cm³/mol. The van der Waals surface area contributed by atoms with E-state index in [2.05, 4.69) is 6.92 Å². The van der Waals surface area contributed by atoms with Crippen molar-refractivity contribution in [2.24, 2.45) is 0 Å². The van der Waals surface area contributed by atoms with E-state index >= 15 is 0 Å². The fourth-order valence-electron chi connectivity index (χ4n) is 1.93. The molecule has 0 radical (unpaired) electrons. The van der Waals surface area contributed by atoms with Crippen LogP contribution in [0.5, 0.6) is 0 Å². The average molecular weight is 265 g/mol. The molecule has 0 aliphatic heterocycles. The van der Waals surface area contributed by atoms with Gasteiger partial charge in [-0.25, -0.2) is 0 Å². The minimum absolute atomic E-state index is 0.0174. The fraction of sp³-hybridized carbons (Fsp3) is 1.00. The summed E-state index contributed by atoms with van der Waals surface area (Å²) in [7, 11) is -1.84. The van der Waals surface area contributed by atoms with Crippen LogP contribution >= 0.6 is 7.26 Å². The molecule has 0 aliphatic carbocycles. The van der Waals surface area contributed by atoms with Crippen molar-refractivity contribution in [3.05, 3.63) is 0 Å². The zero-order valence-corrected chi connectivity index (χ0v) is 12.2. The van der Waals surface area contributed by atoms with Crippen LogP contribution in [-0.2, 0) is 0 Å². The Labute approximate surface area is 107 Å². The maximum atomic E-state index is 9.21. The molecule has 0 aromatic carbocycles. The summed E-state index contributed by atoms with van der Waals surface area (Å²) in [5.74, 6) is 0. The Morgan fingerprint density at radius 1 is 0.647 bits per heavy atom. The summed E-state index contributed by atoms with van der Waals surface area (Å²) in [4.78, 5) is 0.